The third-order valence-corrected chi connectivity index (χ3v) is 4.95. The molecule has 3 aromatic carbocycles. The lowest BCUT2D eigenvalue weighted by Crippen LogP contribution is -2.30. The molecule has 1 atom stereocenters. The molecule has 31 heavy (non-hydrogen) atoms. The van der Waals surface area contributed by atoms with Gasteiger partial charge in [0.05, 0.1) is 10.0 Å². The summed E-state index contributed by atoms with van der Waals surface area (Å²) in [6.45, 7) is 1.63. The first-order valence-corrected chi connectivity index (χ1v) is 10.1. The highest BCUT2D eigenvalue weighted by Crippen LogP contribution is 2.25. The van der Waals surface area contributed by atoms with Crippen LogP contribution in [0.5, 0.6) is 5.75 Å². The number of hydrogen-bond donors (Lipinski definition) is 3. The van der Waals surface area contributed by atoms with E-state index in [0.29, 0.717) is 22.7 Å². The van der Waals surface area contributed by atoms with Gasteiger partial charge < -0.3 is 20.5 Å². The number of aromatic carboxylic acids is 1. The molecule has 0 aliphatic heterocycles. The molecule has 0 aliphatic carbocycles. The maximum absolute atomic E-state index is 12.5. The summed E-state index contributed by atoms with van der Waals surface area (Å²) in [4.78, 5) is 35.9. The molecule has 1 unspecified atom stereocenters. The molecule has 0 saturated heterocycles. The van der Waals surface area contributed by atoms with Crippen LogP contribution in [0, 0.1) is 0 Å². The van der Waals surface area contributed by atoms with Crippen LogP contribution in [-0.4, -0.2) is 29.0 Å². The number of carbonyl (C=O) groups excluding carboxylic acids is 2. The normalized spacial score (nSPS) is 11.3. The van der Waals surface area contributed by atoms with Gasteiger partial charge in [0.1, 0.15) is 5.75 Å². The molecule has 7 nitrogen and oxygen atoms in total. The van der Waals surface area contributed by atoms with Crippen molar-refractivity contribution in [3.05, 3.63) is 88.4 Å². The van der Waals surface area contributed by atoms with Crippen LogP contribution in [0.2, 0.25) is 0 Å². The highest BCUT2D eigenvalue weighted by molar-refractivity contribution is 9.10. The standard InChI is InChI=1S/C23H19BrN2O5/c1-14(31-20-8-3-2-7-19(20)24)21(27)26-18-6-4-5-16(13-18)22(28)25-17-11-9-15(10-12-17)23(29)30/h2-14H,1H3,(H,25,28)(H,26,27)(H,29,30). The summed E-state index contributed by atoms with van der Waals surface area (Å²) in [5.41, 5.74) is 1.36. The van der Waals surface area contributed by atoms with Crippen molar-refractivity contribution in [2.24, 2.45) is 0 Å². The Kier molecular flexibility index (Phi) is 7.04. The van der Waals surface area contributed by atoms with E-state index in [1.165, 1.54) is 24.3 Å². The molecule has 0 aromatic heterocycles. The van der Waals surface area contributed by atoms with Crippen molar-refractivity contribution in [1.82, 2.24) is 0 Å². The molecule has 8 heteroatoms. The van der Waals surface area contributed by atoms with Crippen LogP contribution in [0.4, 0.5) is 11.4 Å². The summed E-state index contributed by atoms with van der Waals surface area (Å²) in [6.07, 6.45) is -0.760. The Bertz CT molecular complexity index is 1110. The Morgan fingerprint density at radius 3 is 2.26 bits per heavy atom. The molecule has 3 rings (SSSR count). The van der Waals surface area contributed by atoms with E-state index in [4.69, 9.17) is 9.84 Å². The lowest BCUT2D eigenvalue weighted by atomic mass is 10.1. The highest BCUT2D eigenvalue weighted by Gasteiger charge is 2.17. The van der Waals surface area contributed by atoms with Crippen molar-refractivity contribution in [2.45, 2.75) is 13.0 Å². The van der Waals surface area contributed by atoms with E-state index >= 15 is 0 Å². The van der Waals surface area contributed by atoms with Crippen LogP contribution in [-0.2, 0) is 4.79 Å². The zero-order valence-electron chi connectivity index (χ0n) is 16.5. The van der Waals surface area contributed by atoms with Crippen molar-refractivity contribution >= 4 is 45.1 Å². The first-order valence-electron chi connectivity index (χ1n) is 9.30. The maximum atomic E-state index is 12.5. The minimum Gasteiger partial charge on any atom is -0.480 e. The number of anilines is 2. The second-order valence-electron chi connectivity index (χ2n) is 6.60. The predicted octanol–water partition coefficient (Wildman–Crippen LogP) is 4.81. The fourth-order valence-corrected chi connectivity index (χ4v) is 3.04. The topological polar surface area (TPSA) is 105 Å². The number of para-hydroxylation sites is 1. The molecule has 0 heterocycles. The third kappa shape index (κ3) is 5.93. The van der Waals surface area contributed by atoms with E-state index in [-0.39, 0.29) is 11.5 Å². The summed E-state index contributed by atoms with van der Waals surface area (Å²) in [7, 11) is 0. The molecule has 158 valence electrons. The van der Waals surface area contributed by atoms with Crippen molar-refractivity contribution in [3.8, 4) is 5.75 Å². The van der Waals surface area contributed by atoms with Gasteiger partial charge in [-0.15, -0.1) is 0 Å². The first-order chi connectivity index (χ1) is 14.8. The Balaban J connectivity index is 1.63. The average molecular weight is 483 g/mol. The van der Waals surface area contributed by atoms with E-state index < -0.39 is 18.0 Å². The summed E-state index contributed by atoms with van der Waals surface area (Å²) >= 11 is 3.37. The van der Waals surface area contributed by atoms with Gasteiger partial charge >= 0.3 is 5.97 Å². The average Bonchev–Trinajstić information content (AvgIpc) is 2.75. The number of nitrogens with one attached hydrogen (secondary N) is 2. The molecule has 2 amide bonds. The number of ether oxygens (including phenoxy) is 1. The first kappa shape index (κ1) is 22.0. The second-order valence-corrected chi connectivity index (χ2v) is 7.45. The minimum absolute atomic E-state index is 0.126. The number of carboxylic acid groups (broad SMARTS) is 1. The van der Waals surface area contributed by atoms with Crippen LogP contribution in [0.15, 0.2) is 77.3 Å². The Hall–Kier alpha value is -3.65. The largest absolute Gasteiger partial charge is 0.480 e. The van der Waals surface area contributed by atoms with Crippen LogP contribution in [0.1, 0.15) is 27.6 Å². The summed E-state index contributed by atoms with van der Waals surface area (Å²) in [6, 6.07) is 19.5. The molecule has 0 spiro atoms. The third-order valence-electron chi connectivity index (χ3n) is 4.29. The highest BCUT2D eigenvalue weighted by atomic mass is 79.9. The molecule has 0 bridgehead atoms. The van der Waals surface area contributed by atoms with Crippen LogP contribution in [0.25, 0.3) is 0 Å². The monoisotopic (exact) mass is 482 g/mol. The lowest BCUT2D eigenvalue weighted by molar-refractivity contribution is -0.122. The lowest BCUT2D eigenvalue weighted by Gasteiger charge is -2.16. The maximum Gasteiger partial charge on any atom is 0.335 e. The SMILES string of the molecule is CC(Oc1ccccc1Br)C(=O)Nc1cccc(C(=O)Nc2ccc(C(=O)O)cc2)c1. The summed E-state index contributed by atoms with van der Waals surface area (Å²) < 4.78 is 6.42. The van der Waals surface area contributed by atoms with Gasteiger partial charge in [0.15, 0.2) is 6.10 Å². The number of carbonyl (C=O) groups is 3. The second kappa shape index (κ2) is 9.90. The van der Waals surface area contributed by atoms with Gasteiger partial charge in [-0.3, -0.25) is 9.59 Å². The Labute approximate surface area is 187 Å². The minimum atomic E-state index is -1.04. The van der Waals surface area contributed by atoms with E-state index in [1.807, 2.05) is 18.2 Å². The molecule has 0 radical (unpaired) electrons. The van der Waals surface area contributed by atoms with Crippen LogP contribution in [0.3, 0.4) is 0 Å². The number of halogens is 1. The zero-order valence-corrected chi connectivity index (χ0v) is 18.0. The number of carboxylic acids is 1. The summed E-state index contributed by atoms with van der Waals surface area (Å²) in [5, 5.41) is 14.4. The smallest absolute Gasteiger partial charge is 0.335 e. The Morgan fingerprint density at radius 2 is 1.58 bits per heavy atom. The van der Waals surface area contributed by atoms with E-state index in [1.54, 1.807) is 37.3 Å². The fraction of sp³-hybridized carbons (Fsp3) is 0.0870. The van der Waals surface area contributed by atoms with Gasteiger partial charge in [-0.25, -0.2) is 4.79 Å². The molecule has 3 N–H and O–H groups in total. The number of rotatable bonds is 7. The quantitative estimate of drug-likeness (QED) is 0.448. The van der Waals surface area contributed by atoms with Crippen LogP contribution < -0.4 is 15.4 Å². The molecule has 3 aromatic rings. The van der Waals surface area contributed by atoms with Crippen LogP contribution >= 0.6 is 15.9 Å². The van der Waals surface area contributed by atoms with Gasteiger partial charge in [0.25, 0.3) is 11.8 Å². The van der Waals surface area contributed by atoms with E-state index in [0.717, 1.165) is 4.47 Å². The summed E-state index contributed by atoms with van der Waals surface area (Å²) in [5.74, 6) is -1.25. The Morgan fingerprint density at radius 1 is 0.871 bits per heavy atom. The molecule has 0 aliphatic rings. The van der Waals surface area contributed by atoms with Gasteiger partial charge in [-0.05, 0) is 77.5 Å². The van der Waals surface area contributed by atoms with Gasteiger partial charge in [-0.2, -0.15) is 0 Å². The van der Waals surface area contributed by atoms with E-state index in [9.17, 15) is 14.4 Å². The van der Waals surface area contributed by atoms with Crippen molar-refractivity contribution in [2.75, 3.05) is 10.6 Å². The van der Waals surface area contributed by atoms with Crippen molar-refractivity contribution in [3.63, 3.8) is 0 Å². The number of amides is 2. The predicted molar refractivity (Wildman–Crippen MR) is 121 cm³/mol. The zero-order chi connectivity index (χ0) is 22.4. The molecular formula is C23H19BrN2O5. The number of hydrogen-bond acceptors (Lipinski definition) is 4. The van der Waals surface area contributed by atoms with Gasteiger partial charge in [0, 0.05) is 16.9 Å². The van der Waals surface area contributed by atoms with Gasteiger partial charge in [-0.1, -0.05) is 18.2 Å². The van der Waals surface area contributed by atoms with Crippen molar-refractivity contribution in [1.29, 1.82) is 0 Å². The fourth-order valence-electron chi connectivity index (χ4n) is 2.67. The molecule has 0 fully saturated rings. The molecule has 0 saturated carbocycles. The van der Waals surface area contributed by atoms with Crippen molar-refractivity contribution < 1.29 is 24.2 Å². The van der Waals surface area contributed by atoms with Gasteiger partial charge in [0.2, 0.25) is 0 Å². The van der Waals surface area contributed by atoms with E-state index in [2.05, 4.69) is 26.6 Å². The number of benzene rings is 3. The molecular weight excluding hydrogens is 464 g/mol.